The van der Waals surface area contributed by atoms with Crippen LogP contribution in [0.3, 0.4) is 0 Å². The third-order valence-electron chi connectivity index (χ3n) is 4.43. The molecule has 0 fully saturated rings. The van der Waals surface area contributed by atoms with Crippen LogP contribution in [-0.2, 0) is 24.8 Å². The van der Waals surface area contributed by atoms with E-state index < -0.39 is 0 Å². The summed E-state index contributed by atoms with van der Waals surface area (Å²) in [5, 5.41) is 7.61. The first kappa shape index (κ1) is 19.3. The third-order valence-corrected chi connectivity index (χ3v) is 4.88. The molecule has 2 heterocycles. The summed E-state index contributed by atoms with van der Waals surface area (Å²) in [7, 11) is 1.76. The fraction of sp³-hybridized carbons (Fsp3) is 0.400. The summed E-state index contributed by atoms with van der Waals surface area (Å²) in [4.78, 5) is 12.2. The van der Waals surface area contributed by atoms with Gasteiger partial charge in [0.1, 0.15) is 22.8 Å². The smallest absolute Gasteiger partial charge is 0.244 e. The first-order chi connectivity index (χ1) is 12.9. The number of carbonyl (C=O) groups is 1. The molecule has 27 heavy (non-hydrogen) atoms. The zero-order chi connectivity index (χ0) is 19.6. The van der Waals surface area contributed by atoms with E-state index in [0.717, 1.165) is 40.3 Å². The maximum atomic E-state index is 12.2. The van der Waals surface area contributed by atoms with Gasteiger partial charge in [-0.25, -0.2) is 0 Å². The maximum Gasteiger partial charge on any atom is 0.244 e. The number of fused-ring (bicyclic) bond motifs is 1. The lowest BCUT2D eigenvalue weighted by Crippen LogP contribution is -2.20. The van der Waals surface area contributed by atoms with Crippen molar-refractivity contribution >= 4 is 23.6 Å². The van der Waals surface area contributed by atoms with E-state index in [9.17, 15) is 4.79 Å². The van der Waals surface area contributed by atoms with Crippen LogP contribution >= 0.6 is 11.6 Å². The van der Waals surface area contributed by atoms with Crippen LogP contribution in [0.2, 0.25) is 5.15 Å². The lowest BCUT2D eigenvalue weighted by atomic mass is 10.1. The van der Waals surface area contributed by atoms with Crippen molar-refractivity contribution in [3.05, 3.63) is 45.7 Å². The van der Waals surface area contributed by atoms with E-state index in [0.29, 0.717) is 18.3 Å². The van der Waals surface area contributed by atoms with Crippen LogP contribution < -0.4 is 14.8 Å². The van der Waals surface area contributed by atoms with Crippen LogP contribution in [0.25, 0.3) is 6.08 Å². The van der Waals surface area contributed by atoms with Crippen LogP contribution in [0.5, 0.6) is 11.5 Å². The molecule has 2 aromatic rings. The van der Waals surface area contributed by atoms with Gasteiger partial charge in [-0.1, -0.05) is 11.6 Å². The Bertz CT molecular complexity index is 889. The topological polar surface area (TPSA) is 65.4 Å². The number of carbonyl (C=O) groups excluding carboxylic acids is 1. The summed E-state index contributed by atoms with van der Waals surface area (Å²) in [6.07, 6.45) is 4.17. The molecule has 0 saturated carbocycles. The van der Waals surface area contributed by atoms with Crippen LogP contribution in [0, 0.1) is 6.92 Å². The van der Waals surface area contributed by atoms with E-state index in [4.69, 9.17) is 21.1 Å². The molecule has 6 nitrogen and oxygen atoms in total. The minimum atomic E-state index is -0.216. The van der Waals surface area contributed by atoms with Gasteiger partial charge in [-0.05, 0) is 39.0 Å². The molecular weight excluding hydrogens is 366 g/mol. The second kappa shape index (κ2) is 8.05. The van der Waals surface area contributed by atoms with Gasteiger partial charge in [0.05, 0.1) is 12.3 Å². The van der Waals surface area contributed by atoms with E-state index in [1.165, 1.54) is 6.08 Å². The Kier molecular flexibility index (Phi) is 5.75. The van der Waals surface area contributed by atoms with Gasteiger partial charge in [0.15, 0.2) is 0 Å². The van der Waals surface area contributed by atoms with Gasteiger partial charge in [0.25, 0.3) is 0 Å². The number of hydrogen-bond acceptors (Lipinski definition) is 4. The number of halogens is 1. The average Bonchev–Trinajstić information content (AvgIpc) is 3.09. The summed E-state index contributed by atoms with van der Waals surface area (Å²) in [5.41, 5.74) is 3.55. The van der Waals surface area contributed by atoms with Crippen molar-refractivity contribution in [3.8, 4) is 11.5 Å². The lowest BCUT2D eigenvalue weighted by molar-refractivity contribution is -0.116. The number of rotatable bonds is 6. The molecule has 7 heteroatoms. The summed E-state index contributed by atoms with van der Waals surface area (Å²) < 4.78 is 13.1. The molecule has 1 amide bonds. The van der Waals surface area contributed by atoms with Gasteiger partial charge in [-0.15, -0.1) is 0 Å². The normalized spacial score (nSPS) is 15.7. The molecule has 0 aliphatic carbocycles. The fourth-order valence-corrected chi connectivity index (χ4v) is 3.38. The average molecular weight is 390 g/mol. The molecule has 0 spiro atoms. The summed E-state index contributed by atoms with van der Waals surface area (Å²) in [6, 6.07) is 3.97. The van der Waals surface area contributed by atoms with Gasteiger partial charge in [-0.3, -0.25) is 9.48 Å². The summed E-state index contributed by atoms with van der Waals surface area (Å²) in [6.45, 7) is 6.75. The molecule has 0 saturated heterocycles. The number of amides is 1. The molecule has 1 atom stereocenters. The van der Waals surface area contributed by atoms with E-state index in [-0.39, 0.29) is 12.0 Å². The number of nitrogens with zero attached hydrogens (tertiary/aromatic N) is 2. The number of ether oxygens (including phenoxy) is 2. The molecule has 1 aromatic carbocycles. The van der Waals surface area contributed by atoms with Crippen molar-refractivity contribution < 1.29 is 14.3 Å². The minimum absolute atomic E-state index is 0.162. The molecule has 0 radical (unpaired) electrons. The second-order valence-electron chi connectivity index (χ2n) is 6.60. The third kappa shape index (κ3) is 4.27. The Hall–Kier alpha value is -2.47. The first-order valence-corrected chi connectivity index (χ1v) is 9.37. The number of aromatic nitrogens is 2. The molecule has 3 rings (SSSR count). The first-order valence-electron chi connectivity index (χ1n) is 8.99. The van der Waals surface area contributed by atoms with Gasteiger partial charge in [0, 0.05) is 42.8 Å². The van der Waals surface area contributed by atoms with Crippen molar-refractivity contribution in [3.63, 3.8) is 0 Å². The van der Waals surface area contributed by atoms with Gasteiger partial charge in [-0.2, -0.15) is 5.10 Å². The Morgan fingerprint density at radius 2 is 2.30 bits per heavy atom. The minimum Gasteiger partial charge on any atom is -0.494 e. The maximum absolute atomic E-state index is 12.2. The van der Waals surface area contributed by atoms with Crippen LogP contribution in [-0.4, -0.2) is 28.4 Å². The molecule has 1 aliphatic heterocycles. The molecule has 144 valence electrons. The van der Waals surface area contributed by atoms with Crippen molar-refractivity contribution in [2.24, 2.45) is 7.05 Å². The molecular formula is C20H24ClN3O3. The molecule has 0 bridgehead atoms. The van der Waals surface area contributed by atoms with Crippen molar-refractivity contribution in [1.29, 1.82) is 0 Å². The van der Waals surface area contributed by atoms with Crippen molar-refractivity contribution in [2.45, 2.75) is 39.8 Å². The van der Waals surface area contributed by atoms with Crippen LogP contribution in [0.4, 0.5) is 0 Å². The Balaban J connectivity index is 1.70. The van der Waals surface area contributed by atoms with Crippen LogP contribution in [0.1, 0.15) is 36.2 Å². The molecule has 1 N–H and O–H groups in total. The molecule has 1 aliphatic rings. The van der Waals surface area contributed by atoms with Crippen molar-refractivity contribution in [1.82, 2.24) is 15.1 Å². The quantitative estimate of drug-likeness (QED) is 0.768. The largest absolute Gasteiger partial charge is 0.494 e. The highest BCUT2D eigenvalue weighted by molar-refractivity contribution is 6.31. The van der Waals surface area contributed by atoms with Crippen LogP contribution in [0.15, 0.2) is 18.2 Å². The highest BCUT2D eigenvalue weighted by atomic mass is 35.5. The number of aryl methyl sites for hydroxylation is 2. The summed E-state index contributed by atoms with van der Waals surface area (Å²) in [5.74, 6) is 1.43. The van der Waals surface area contributed by atoms with Crippen molar-refractivity contribution in [2.75, 3.05) is 6.61 Å². The Morgan fingerprint density at radius 3 is 2.96 bits per heavy atom. The Morgan fingerprint density at radius 1 is 1.52 bits per heavy atom. The second-order valence-corrected chi connectivity index (χ2v) is 6.96. The van der Waals surface area contributed by atoms with E-state index >= 15 is 0 Å². The SMILES string of the molecule is CCOc1cc2c(cc1CNC(=O)/C=C\c1c(C)nn(C)c1Cl)O[C@H](C)C2. The molecule has 0 unspecified atom stereocenters. The predicted molar refractivity (Wildman–Crippen MR) is 105 cm³/mol. The zero-order valence-electron chi connectivity index (χ0n) is 16.0. The van der Waals surface area contributed by atoms with Gasteiger partial charge >= 0.3 is 0 Å². The number of nitrogens with one attached hydrogen (secondary N) is 1. The predicted octanol–water partition coefficient (Wildman–Crippen LogP) is 3.43. The Labute approximate surface area is 164 Å². The number of benzene rings is 1. The zero-order valence-corrected chi connectivity index (χ0v) is 16.8. The highest BCUT2D eigenvalue weighted by Crippen LogP contribution is 2.35. The summed E-state index contributed by atoms with van der Waals surface area (Å²) >= 11 is 6.18. The fourth-order valence-electron chi connectivity index (χ4n) is 3.15. The molecule has 1 aromatic heterocycles. The standard InChI is InChI=1S/C20H24ClN3O3/c1-5-26-17-9-14-8-12(2)27-18(14)10-15(17)11-22-19(25)7-6-16-13(3)23-24(4)20(16)21/h6-7,9-10,12H,5,8,11H2,1-4H3,(H,22,25)/b7-6-/t12-/m1/s1. The lowest BCUT2D eigenvalue weighted by Gasteiger charge is -2.13. The number of hydrogen-bond donors (Lipinski definition) is 1. The van der Waals surface area contributed by atoms with E-state index in [1.807, 2.05) is 32.9 Å². The van der Waals surface area contributed by atoms with E-state index in [1.54, 1.807) is 17.8 Å². The monoisotopic (exact) mass is 389 g/mol. The van der Waals surface area contributed by atoms with Gasteiger partial charge in [0.2, 0.25) is 5.91 Å². The highest BCUT2D eigenvalue weighted by Gasteiger charge is 2.22. The van der Waals surface area contributed by atoms with Gasteiger partial charge < -0.3 is 14.8 Å². The van der Waals surface area contributed by atoms with E-state index in [2.05, 4.69) is 10.4 Å².